The predicted octanol–water partition coefficient (Wildman–Crippen LogP) is 3.22. The molecule has 0 bridgehead atoms. The van der Waals surface area contributed by atoms with E-state index in [0.717, 1.165) is 18.4 Å². The summed E-state index contributed by atoms with van der Waals surface area (Å²) < 4.78 is 58.9. The summed E-state index contributed by atoms with van der Waals surface area (Å²) >= 11 is 0. The minimum absolute atomic E-state index is 0.0405. The lowest BCUT2D eigenvalue weighted by molar-refractivity contribution is 0.200. The third-order valence-electron chi connectivity index (χ3n) is 6.16. The maximum Gasteiger partial charge on any atom is 0.180 e. The van der Waals surface area contributed by atoms with Crippen LogP contribution in [0.15, 0.2) is 67.1 Å². The number of nitrogens with zero attached hydrogens (tertiary/aromatic N) is 4. The standard InChI is InChI=1S/C29H30F2N6O5S/c1-43(40,41)18-19-16-35-28(36-29(19)37(10-11-38)20-6-8-33-9-7-20)27(32)22-4-2-3-5-26(22)34-17-23-24(30)14-21(15-25(23)31)42-13-12-39/h2-9,14-16,32,34,38-39H,10-13,17-18H2,1H3. The van der Waals surface area contributed by atoms with Crippen molar-refractivity contribution in [2.45, 2.75) is 12.3 Å². The van der Waals surface area contributed by atoms with Crippen LogP contribution in [0.25, 0.3) is 0 Å². The van der Waals surface area contributed by atoms with E-state index < -0.39 is 21.5 Å². The molecule has 14 heteroatoms. The number of aromatic nitrogens is 3. The lowest BCUT2D eigenvalue weighted by atomic mass is 10.1. The van der Waals surface area contributed by atoms with Gasteiger partial charge in [-0.3, -0.25) is 10.4 Å². The van der Waals surface area contributed by atoms with Gasteiger partial charge >= 0.3 is 0 Å². The first-order chi connectivity index (χ1) is 20.6. The zero-order valence-corrected chi connectivity index (χ0v) is 24.0. The molecule has 0 spiro atoms. The number of sulfone groups is 1. The molecule has 2 heterocycles. The number of pyridine rings is 1. The third-order valence-corrected chi connectivity index (χ3v) is 7.00. The van der Waals surface area contributed by atoms with Gasteiger partial charge in [-0.25, -0.2) is 27.2 Å². The van der Waals surface area contributed by atoms with Crippen molar-refractivity contribution in [3.63, 3.8) is 0 Å². The van der Waals surface area contributed by atoms with E-state index in [9.17, 15) is 22.3 Å². The first-order valence-electron chi connectivity index (χ1n) is 13.1. The Balaban J connectivity index is 1.68. The highest BCUT2D eigenvalue weighted by molar-refractivity contribution is 7.89. The summed E-state index contributed by atoms with van der Waals surface area (Å²) in [6.45, 7) is -0.862. The van der Waals surface area contributed by atoms with Gasteiger partial charge in [0.2, 0.25) is 0 Å². The molecule has 0 saturated carbocycles. The second-order valence-corrected chi connectivity index (χ2v) is 11.5. The molecule has 226 valence electrons. The first-order valence-corrected chi connectivity index (χ1v) is 15.1. The normalized spacial score (nSPS) is 11.3. The van der Waals surface area contributed by atoms with Crippen molar-refractivity contribution in [2.75, 3.05) is 42.8 Å². The van der Waals surface area contributed by atoms with Crippen LogP contribution in [0.3, 0.4) is 0 Å². The van der Waals surface area contributed by atoms with Crippen LogP contribution in [0.4, 0.5) is 26.0 Å². The van der Waals surface area contributed by atoms with Gasteiger partial charge in [0.1, 0.15) is 35.5 Å². The van der Waals surface area contributed by atoms with Crippen LogP contribution in [0.2, 0.25) is 0 Å². The van der Waals surface area contributed by atoms with E-state index in [1.54, 1.807) is 53.7 Å². The van der Waals surface area contributed by atoms with Gasteiger partial charge in [-0.05, 0) is 18.2 Å². The first kappa shape index (κ1) is 31.4. The van der Waals surface area contributed by atoms with Crippen molar-refractivity contribution in [1.29, 1.82) is 5.41 Å². The zero-order valence-electron chi connectivity index (χ0n) is 23.2. The highest BCUT2D eigenvalue weighted by atomic mass is 32.2. The lowest BCUT2D eigenvalue weighted by Gasteiger charge is -2.25. The topological polar surface area (TPSA) is 162 Å². The Bertz CT molecular complexity index is 1670. The molecule has 0 radical (unpaired) electrons. The molecule has 0 amide bonds. The Morgan fingerprint density at radius 2 is 1.77 bits per heavy atom. The number of ether oxygens (including phenoxy) is 1. The Labute approximate surface area is 247 Å². The molecule has 43 heavy (non-hydrogen) atoms. The molecule has 0 atom stereocenters. The van der Waals surface area contributed by atoms with E-state index in [0.29, 0.717) is 16.9 Å². The molecular formula is C29H30F2N6O5S. The van der Waals surface area contributed by atoms with E-state index in [2.05, 4.69) is 20.3 Å². The van der Waals surface area contributed by atoms with E-state index in [-0.39, 0.29) is 72.9 Å². The van der Waals surface area contributed by atoms with Crippen molar-refractivity contribution in [3.05, 3.63) is 101 Å². The van der Waals surface area contributed by atoms with Gasteiger partial charge in [0.15, 0.2) is 15.7 Å². The smallest absolute Gasteiger partial charge is 0.180 e. The molecule has 4 N–H and O–H groups in total. The monoisotopic (exact) mass is 612 g/mol. The SMILES string of the molecule is CS(=O)(=O)Cc1cnc(C(=N)c2ccccc2NCc2c(F)cc(OCCO)cc2F)nc1N(CCO)c1ccncc1. The number of aliphatic hydroxyl groups is 2. The number of nitrogens with one attached hydrogen (secondary N) is 2. The van der Waals surface area contributed by atoms with Gasteiger partial charge in [-0.2, -0.15) is 0 Å². The molecule has 0 aliphatic rings. The summed E-state index contributed by atoms with van der Waals surface area (Å²) in [6.07, 6.45) is 5.51. The fourth-order valence-corrected chi connectivity index (χ4v) is 5.04. The average molecular weight is 613 g/mol. The van der Waals surface area contributed by atoms with Crippen LogP contribution in [-0.2, 0) is 22.1 Å². The molecular weight excluding hydrogens is 582 g/mol. The van der Waals surface area contributed by atoms with Gasteiger partial charge in [-0.15, -0.1) is 0 Å². The van der Waals surface area contributed by atoms with Crippen molar-refractivity contribution in [3.8, 4) is 5.75 Å². The number of rotatable bonds is 14. The molecule has 0 fully saturated rings. The molecule has 2 aromatic heterocycles. The largest absolute Gasteiger partial charge is 0.491 e. The van der Waals surface area contributed by atoms with Crippen LogP contribution < -0.4 is 15.0 Å². The fraction of sp³-hybridized carbons (Fsp3) is 0.241. The number of benzene rings is 2. The Morgan fingerprint density at radius 3 is 2.42 bits per heavy atom. The number of aliphatic hydroxyl groups excluding tert-OH is 2. The minimum Gasteiger partial charge on any atom is -0.491 e. The Morgan fingerprint density at radius 1 is 1.07 bits per heavy atom. The van der Waals surface area contributed by atoms with Crippen LogP contribution in [0.5, 0.6) is 5.75 Å². The van der Waals surface area contributed by atoms with Gasteiger partial charge < -0.3 is 25.2 Å². The molecule has 4 aromatic rings. The molecule has 0 saturated heterocycles. The lowest BCUT2D eigenvalue weighted by Crippen LogP contribution is -2.25. The molecule has 0 unspecified atom stereocenters. The van der Waals surface area contributed by atoms with E-state index >= 15 is 0 Å². The molecule has 0 aliphatic heterocycles. The summed E-state index contributed by atoms with van der Waals surface area (Å²) in [5, 5.41) is 30.5. The van der Waals surface area contributed by atoms with Gasteiger partial charge in [0.05, 0.1) is 19.0 Å². The average Bonchev–Trinajstić information content (AvgIpc) is 2.98. The van der Waals surface area contributed by atoms with Crippen molar-refractivity contribution < 1.29 is 32.1 Å². The molecule has 11 nitrogen and oxygen atoms in total. The molecule has 4 rings (SSSR count). The van der Waals surface area contributed by atoms with Gasteiger partial charge in [0.25, 0.3) is 0 Å². The summed E-state index contributed by atoms with van der Waals surface area (Å²) in [7, 11) is -3.50. The third kappa shape index (κ3) is 8.06. The minimum atomic E-state index is -3.50. The number of hydrogen-bond donors (Lipinski definition) is 4. The van der Waals surface area contributed by atoms with E-state index in [1.165, 1.54) is 6.20 Å². The Kier molecular flexibility index (Phi) is 10.3. The molecule has 0 aliphatic carbocycles. The van der Waals surface area contributed by atoms with Crippen molar-refractivity contribution in [2.24, 2.45) is 0 Å². The fourth-order valence-electron chi connectivity index (χ4n) is 4.27. The van der Waals surface area contributed by atoms with E-state index in [4.69, 9.17) is 15.3 Å². The van der Waals surface area contributed by atoms with Crippen molar-refractivity contribution in [1.82, 2.24) is 15.0 Å². The number of halogens is 2. The van der Waals surface area contributed by atoms with Gasteiger partial charge in [0, 0.05) is 78.1 Å². The highest BCUT2D eigenvalue weighted by Gasteiger charge is 2.22. The quantitative estimate of drug-likeness (QED) is 0.156. The summed E-state index contributed by atoms with van der Waals surface area (Å²) in [6, 6.07) is 12.0. The predicted molar refractivity (Wildman–Crippen MR) is 158 cm³/mol. The summed E-state index contributed by atoms with van der Waals surface area (Å²) in [5.74, 6) is -1.96. The summed E-state index contributed by atoms with van der Waals surface area (Å²) in [4.78, 5) is 14.5. The number of hydrogen-bond acceptors (Lipinski definition) is 11. The van der Waals surface area contributed by atoms with Gasteiger partial charge in [-0.1, -0.05) is 18.2 Å². The second kappa shape index (κ2) is 14.1. The van der Waals surface area contributed by atoms with Crippen LogP contribution in [0.1, 0.15) is 22.5 Å². The maximum absolute atomic E-state index is 14.7. The summed E-state index contributed by atoms with van der Waals surface area (Å²) in [5.41, 5.74) is 1.17. The Hall–Kier alpha value is -4.53. The highest BCUT2D eigenvalue weighted by Crippen LogP contribution is 2.29. The molecule has 2 aromatic carbocycles. The van der Waals surface area contributed by atoms with E-state index in [1.807, 2.05) is 0 Å². The van der Waals surface area contributed by atoms with Crippen LogP contribution >= 0.6 is 0 Å². The number of para-hydroxylation sites is 1. The van der Waals surface area contributed by atoms with Crippen molar-refractivity contribution >= 4 is 32.7 Å². The van der Waals surface area contributed by atoms with Crippen LogP contribution in [-0.4, -0.2) is 71.9 Å². The second-order valence-electron chi connectivity index (χ2n) is 9.40. The maximum atomic E-state index is 14.7. The van der Waals surface area contributed by atoms with Crippen LogP contribution in [0, 0.1) is 17.0 Å². The zero-order chi connectivity index (χ0) is 31.0. The number of anilines is 3.